The number of alkyl halides is 6. The normalized spacial score (nSPS) is 13.5. The van der Waals surface area contributed by atoms with Crippen molar-refractivity contribution in [2.75, 3.05) is 6.61 Å². The van der Waals surface area contributed by atoms with Gasteiger partial charge >= 0.3 is 24.1 Å². The topological polar surface area (TPSA) is 129 Å². The summed E-state index contributed by atoms with van der Waals surface area (Å²) < 4.78 is 85.7. The van der Waals surface area contributed by atoms with Gasteiger partial charge in [0.25, 0.3) is 0 Å². The van der Waals surface area contributed by atoms with Crippen molar-refractivity contribution in [1.82, 2.24) is 14.5 Å². The van der Waals surface area contributed by atoms with E-state index in [-0.39, 0.29) is 16.3 Å². The fourth-order valence-electron chi connectivity index (χ4n) is 3.78. The lowest BCUT2D eigenvalue weighted by molar-refractivity contribution is -0.207. The number of halogens is 7. The fraction of sp³-hybridized carbons (Fsp3) is 0.292. The number of aromatic nitrogens is 2. The molecule has 16 heteroatoms. The van der Waals surface area contributed by atoms with Crippen molar-refractivity contribution in [2.24, 2.45) is 5.73 Å². The summed E-state index contributed by atoms with van der Waals surface area (Å²) in [5.41, 5.74) is 2.31. The van der Waals surface area contributed by atoms with Gasteiger partial charge in [-0.25, -0.2) is 9.59 Å². The zero-order chi connectivity index (χ0) is 29.8. The Morgan fingerprint density at radius 3 is 2.25 bits per heavy atom. The lowest BCUT2D eigenvalue weighted by Crippen LogP contribution is -2.39. The van der Waals surface area contributed by atoms with Crippen LogP contribution in [0.2, 0.25) is 5.02 Å². The van der Waals surface area contributed by atoms with Gasteiger partial charge < -0.3 is 20.9 Å². The van der Waals surface area contributed by atoms with Crippen LogP contribution in [0.3, 0.4) is 0 Å². The predicted molar refractivity (Wildman–Crippen MR) is 129 cm³/mol. The fourth-order valence-corrected chi connectivity index (χ4v) is 3.90. The molecule has 3 rings (SSSR count). The molecule has 0 bridgehead atoms. The summed E-state index contributed by atoms with van der Waals surface area (Å²) in [7, 11) is 0. The molecular weight excluding hydrogens is 574 g/mol. The van der Waals surface area contributed by atoms with Crippen LogP contribution in [0.15, 0.2) is 59.5 Å². The quantitative estimate of drug-likeness (QED) is 0.324. The first-order valence-electron chi connectivity index (χ1n) is 11.3. The molecule has 1 heterocycles. The molecular formula is C24H21ClF6N4O5. The Morgan fingerprint density at radius 2 is 1.68 bits per heavy atom. The number of carbonyl (C=O) groups is 2. The number of hydrogen-bond donors (Lipinski definition) is 3. The van der Waals surface area contributed by atoms with Gasteiger partial charge in [-0.2, -0.15) is 26.3 Å². The minimum atomic E-state index is -5.06. The van der Waals surface area contributed by atoms with Crippen LogP contribution in [0.4, 0.5) is 31.1 Å². The van der Waals surface area contributed by atoms with Gasteiger partial charge in [-0.1, -0.05) is 41.9 Å². The average Bonchev–Trinajstić information content (AvgIpc) is 3.15. The van der Waals surface area contributed by atoms with E-state index in [2.05, 4.69) is 10.1 Å². The Morgan fingerprint density at radius 1 is 1.05 bits per heavy atom. The van der Waals surface area contributed by atoms with Crippen LogP contribution in [-0.2, 0) is 28.8 Å². The summed E-state index contributed by atoms with van der Waals surface area (Å²) in [6, 6.07) is 8.17. The van der Waals surface area contributed by atoms with E-state index in [1.54, 1.807) is 0 Å². The van der Waals surface area contributed by atoms with Gasteiger partial charge in [0.05, 0.1) is 23.8 Å². The molecule has 40 heavy (non-hydrogen) atoms. The van der Waals surface area contributed by atoms with Crippen molar-refractivity contribution in [3.63, 3.8) is 0 Å². The maximum Gasteiger partial charge on any atom is 0.416 e. The summed E-state index contributed by atoms with van der Waals surface area (Å²) in [5, 5.41) is 12.1. The number of aliphatic hydroxyl groups is 1. The monoisotopic (exact) mass is 594 g/mol. The van der Waals surface area contributed by atoms with Crippen LogP contribution in [-0.4, -0.2) is 45.1 Å². The molecule has 2 aromatic carbocycles. The first-order valence-corrected chi connectivity index (χ1v) is 11.6. The van der Waals surface area contributed by atoms with Gasteiger partial charge in [0.15, 0.2) is 6.10 Å². The van der Waals surface area contributed by atoms with Crippen molar-refractivity contribution in [3.8, 4) is 11.3 Å². The highest BCUT2D eigenvalue weighted by Gasteiger charge is 2.39. The van der Waals surface area contributed by atoms with Gasteiger partial charge in [-0.05, 0) is 29.3 Å². The highest BCUT2D eigenvalue weighted by atomic mass is 35.5. The molecule has 3 aromatic rings. The van der Waals surface area contributed by atoms with E-state index < -0.39 is 73.0 Å². The van der Waals surface area contributed by atoms with E-state index in [4.69, 9.17) is 17.3 Å². The molecule has 0 fully saturated rings. The molecule has 9 nitrogen and oxygen atoms in total. The third-order valence-electron chi connectivity index (χ3n) is 5.60. The minimum Gasteiger partial charge on any atom is -0.447 e. The number of benzene rings is 2. The molecule has 0 aliphatic carbocycles. The molecule has 0 spiro atoms. The Kier molecular flexibility index (Phi) is 9.20. The number of hydrogen-bond acceptors (Lipinski definition) is 5. The van der Waals surface area contributed by atoms with E-state index in [9.17, 15) is 45.8 Å². The van der Waals surface area contributed by atoms with Gasteiger partial charge in [0.2, 0.25) is 5.91 Å². The van der Waals surface area contributed by atoms with Gasteiger partial charge in [-0.15, -0.1) is 0 Å². The van der Waals surface area contributed by atoms with Gasteiger partial charge in [0.1, 0.15) is 13.2 Å². The molecule has 216 valence electrons. The second kappa shape index (κ2) is 12.0. The number of imidazole rings is 1. The standard InChI is InChI=1S/C24H21ClF6N4O5/c25-14-7-5-13(6-8-14)18-9-34(22(39)35(18)10-19(36)24(29,30)31)11-20(37)33-17(12-40-21(32)38)15-3-1-2-4-16(15)23(26,27)28/h1-9,17,19,36H,10-12H2,(H2,32,38)(H,33,37). The van der Waals surface area contributed by atoms with E-state index in [1.807, 2.05) is 0 Å². The van der Waals surface area contributed by atoms with Crippen LogP contribution in [0, 0.1) is 0 Å². The van der Waals surface area contributed by atoms with E-state index >= 15 is 0 Å². The Bertz CT molecular complexity index is 1420. The third-order valence-corrected chi connectivity index (χ3v) is 5.85. The molecule has 2 unspecified atom stereocenters. The van der Waals surface area contributed by atoms with Gasteiger partial charge in [-0.3, -0.25) is 13.9 Å². The van der Waals surface area contributed by atoms with E-state index in [0.29, 0.717) is 9.13 Å². The van der Waals surface area contributed by atoms with Crippen molar-refractivity contribution >= 4 is 23.6 Å². The first kappa shape index (κ1) is 30.6. The van der Waals surface area contributed by atoms with Crippen LogP contribution in [0.5, 0.6) is 0 Å². The average molecular weight is 595 g/mol. The number of carbonyl (C=O) groups excluding carboxylic acids is 2. The molecule has 2 atom stereocenters. The van der Waals surface area contributed by atoms with Crippen LogP contribution >= 0.6 is 11.6 Å². The molecule has 2 amide bonds. The number of primary amides is 1. The SMILES string of the molecule is NC(=O)OCC(NC(=O)Cn1cc(-c2ccc(Cl)cc2)n(CC(O)C(F)(F)F)c1=O)c1ccccc1C(F)(F)F. The molecule has 4 N–H and O–H groups in total. The van der Waals surface area contributed by atoms with Crippen LogP contribution in [0.1, 0.15) is 17.2 Å². The van der Waals surface area contributed by atoms with Crippen molar-refractivity contribution in [2.45, 2.75) is 37.6 Å². The number of amides is 2. The van der Waals surface area contributed by atoms with E-state index in [1.165, 1.54) is 30.3 Å². The molecule has 0 saturated heterocycles. The summed E-state index contributed by atoms with van der Waals surface area (Å²) in [4.78, 5) is 36.9. The van der Waals surface area contributed by atoms with Crippen LogP contribution < -0.4 is 16.7 Å². The van der Waals surface area contributed by atoms with Crippen molar-refractivity contribution < 1.29 is 45.8 Å². The molecule has 1 aromatic heterocycles. The number of rotatable bonds is 9. The smallest absolute Gasteiger partial charge is 0.416 e. The molecule has 0 radical (unpaired) electrons. The second-order valence-electron chi connectivity index (χ2n) is 8.43. The van der Waals surface area contributed by atoms with Crippen molar-refractivity contribution in [1.29, 1.82) is 0 Å². The van der Waals surface area contributed by atoms with Gasteiger partial charge in [0, 0.05) is 11.2 Å². The number of nitrogens with two attached hydrogens (primary N) is 1. The summed E-state index contributed by atoms with van der Waals surface area (Å²) in [6.07, 6.45) is -13.1. The highest BCUT2D eigenvalue weighted by molar-refractivity contribution is 6.30. The summed E-state index contributed by atoms with van der Waals surface area (Å²) in [6.45, 7) is -2.85. The Hall–Kier alpha value is -3.98. The lowest BCUT2D eigenvalue weighted by Gasteiger charge is -2.22. The number of nitrogens with zero attached hydrogens (tertiary/aromatic N) is 2. The molecule has 0 aliphatic heterocycles. The maximum absolute atomic E-state index is 13.6. The Labute approximate surface area is 226 Å². The summed E-state index contributed by atoms with van der Waals surface area (Å²) in [5.74, 6) is -1.05. The second-order valence-corrected chi connectivity index (χ2v) is 8.87. The Balaban J connectivity index is 1.96. The molecule has 0 aliphatic rings. The zero-order valence-electron chi connectivity index (χ0n) is 20.2. The van der Waals surface area contributed by atoms with E-state index in [0.717, 1.165) is 24.4 Å². The number of ether oxygens (including phenoxy) is 1. The lowest BCUT2D eigenvalue weighted by atomic mass is 10.00. The minimum absolute atomic E-state index is 0.103. The van der Waals surface area contributed by atoms with Crippen LogP contribution in [0.25, 0.3) is 11.3 Å². The summed E-state index contributed by atoms with van der Waals surface area (Å²) >= 11 is 5.85. The first-order chi connectivity index (χ1) is 18.6. The largest absolute Gasteiger partial charge is 0.447 e. The molecule has 0 saturated carbocycles. The third kappa shape index (κ3) is 7.57. The zero-order valence-corrected chi connectivity index (χ0v) is 20.9. The predicted octanol–water partition coefficient (Wildman–Crippen LogP) is 3.87. The number of nitrogens with one attached hydrogen (secondary N) is 1. The maximum atomic E-state index is 13.6. The number of aliphatic hydroxyl groups excluding tert-OH is 1. The highest BCUT2D eigenvalue weighted by Crippen LogP contribution is 2.34. The van der Waals surface area contributed by atoms with Crippen molar-refractivity contribution in [3.05, 3.63) is 81.4 Å².